The summed E-state index contributed by atoms with van der Waals surface area (Å²) in [7, 11) is 0. The highest BCUT2D eigenvalue weighted by atomic mass is 16.5. The van der Waals surface area contributed by atoms with Crippen LogP contribution in [0.15, 0.2) is 30.3 Å². The van der Waals surface area contributed by atoms with E-state index < -0.39 is 0 Å². The molecule has 1 aliphatic rings. The minimum absolute atomic E-state index is 0.0239. The van der Waals surface area contributed by atoms with Crippen LogP contribution in [0.25, 0.3) is 0 Å². The second-order valence-corrected chi connectivity index (χ2v) is 5.23. The van der Waals surface area contributed by atoms with Gasteiger partial charge < -0.3 is 15.4 Å². The van der Waals surface area contributed by atoms with Crippen LogP contribution >= 0.6 is 0 Å². The van der Waals surface area contributed by atoms with Crippen molar-refractivity contribution >= 4 is 5.91 Å². The fraction of sp³-hybridized carbons (Fsp3) is 0.500. The molecular weight excluding hydrogens is 228 g/mol. The molecule has 0 bridgehead atoms. The fourth-order valence-electron chi connectivity index (χ4n) is 2.27. The van der Waals surface area contributed by atoms with E-state index in [0.29, 0.717) is 13.2 Å². The Balaban J connectivity index is 2.17. The number of carbonyl (C=O) groups excluding carboxylic acids is 1. The maximum atomic E-state index is 11.9. The molecule has 0 aromatic heterocycles. The average Bonchev–Trinajstić information content (AvgIpc) is 2.38. The maximum absolute atomic E-state index is 11.9. The summed E-state index contributed by atoms with van der Waals surface area (Å²) in [5, 5.41) is 0. The summed E-state index contributed by atoms with van der Waals surface area (Å²) < 4.78 is 5.87. The zero-order chi connectivity index (χ0) is 13.2. The van der Waals surface area contributed by atoms with Crippen LogP contribution in [0.1, 0.15) is 25.5 Å². The average molecular weight is 248 g/mol. The second kappa shape index (κ2) is 5.08. The van der Waals surface area contributed by atoms with Crippen LogP contribution < -0.4 is 5.73 Å². The minimum Gasteiger partial charge on any atom is -0.369 e. The van der Waals surface area contributed by atoms with Gasteiger partial charge in [0.15, 0.2) is 0 Å². The van der Waals surface area contributed by atoms with E-state index >= 15 is 0 Å². The molecule has 98 valence electrons. The Morgan fingerprint density at radius 2 is 2.11 bits per heavy atom. The Labute approximate surface area is 108 Å². The third-order valence-corrected chi connectivity index (χ3v) is 3.36. The second-order valence-electron chi connectivity index (χ2n) is 5.23. The number of ether oxygens (including phenoxy) is 1. The fourth-order valence-corrected chi connectivity index (χ4v) is 2.27. The minimum atomic E-state index is -0.290. The van der Waals surface area contributed by atoms with Gasteiger partial charge in [0.05, 0.1) is 25.2 Å². The topological polar surface area (TPSA) is 55.6 Å². The molecule has 1 atom stereocenters. The highest BCUT2D eigenvalue weighted by Gasteiger charge is 2.37. The molecule has 1 aromatic rings. The van der Waals surface area contributed by atoms with Gasteiger partial charge in [0.1, 0.15) is 6.10 Å². The lowest BCUT2D eigenvalue weighted by Crippen LogP contribution is -2.57. The molecule has 0 saturated carbocycles. The van der Waals surface area contributed by atoms with Crippen molar-refractivity contribution in [3.8, 4) is 0 Å². The molecule has 4 heteroatoms. The summed E-state index contributed by atoms with van der Waals surface area (Å²) >= 11 is 0. The van der Waals surface area contributed by atoms with Crippen LogP contribution in [-0.2, 0) is 9.53 Å². The van der Waals surface area contributed by atoms with Crippen LogP contribution in [0.4, 0.5) is 0 Å². The predicted molar refractivity (Wildman–Crippen MR) is 70.0 cm³/mol. The first-order valence-corrected chi connectivity index (χ1v) is 6.21. The number of morpholine rings is 1. The Morgan fingerprint density at radius 1 is 1.44 bits per heavy atom. The molecule has 1 saturated heterocycles. The SMILES string of the molecule is CC1(C)CO[C@H](c2ccccc2)CN1C(=O)CN. The normalized spacial score (nSPS) is 22.8. The van der Waals surface area contributed by atoms with Crippen LogP contribution in [0.3, 0.4) is 0 Å². The standard InChI is InChI=1S/C14H20N2O2/c1-14(2)10-18-12(9-16(14)13(17)8-15)11-6-4-3-5-7-11/h3-7,12H,8-10,15H2,1-2H3/t12-/m0/s1. The first-order chi connectivity index (χ1) is 8.54. The van der Waals surface area contributed by atoms with E-state index in [1.807, 2.05) is 49.1 Å². The highest BCUT2D eigenvalue weighted by Crippen LogP contribution is 2.29. The molecule has 0 aliphatic carbocycles. The van der Waals surface area contributed by atoms with E-state index in [2.05, 4.69) is 0 Å². The van der Waals surface area contributed by atoms with Gasteiger partial charge in [-0.2, -0.15) is 0 Å². The summed E-state index contributed by atoms with van der Waals surface area (Å²) in [4.78, 5) is 13.7. The van der Waals surface area contributed by atoms with Gasteiger partial charge in [-0.25, -0.2) is 0 Å². The largest absolute Gasteiger partial charge is 0.369 e. The van der Waals surface area contributed by atoms with Crippen molar-refractivity contribution in [3.05, 3.63) is 35.9 Å². The summed E-state index contributed by atoms with van der Waals surface area (Å²) in [6.45, 7) is 5.14. The number of rotatable bonds is 2. The molecule has 1 aromatic carbocycles. The van der Waals surface area contributed by atoms with Gasteiger partial charge in [-0.3, -0.25) is 4.79 Å². The van der Waals surface area contributed by atoms with E-state index in [4.69, 9.17) is 10.5 Å². The highest BCUT2D eigenvalue weighted by molar-refractivity contribution is 5.79. The van der Waals surface area contributed by atoms with E-state index in [-0.39, 0.29) is 24.1 Å². The summed E-state index contributed by atoms with van der Waals surface area (Å²) in [6, 6.07) is 9.97. The van der Waals surface area contributed by atoms with Gasteiger partial charge in [-0.1, -0.05) is 30.3 Å². The van der Waals surface area contributed by atoms with E-state index in [9.17, 15) is 4.79 Å². The Bertz CT molecular complexity index is 417. The zero-order valence-corrected chi connectivity index (χ0v) is 10.9. The van der Waals surface area contributed by atoms with Crippen LogP contribution in [0.5, 0.6) is 0 Å². The first-order valence-electron chi connectivity index (χ1n) is 6.21. The number of carbonyl (C=O) groups is 1. The smallest absolute Gasteiger partial charge is 0.236 e. The van der Waals surface area contributed by atoms with Crippen molar-refractivity contribution in [1.29, 1.82) is 0 Å². The number of nitrogens with zero attached hydrogens (tertiary/aromatic N) is 1. The Kier molecular flexibility index (Phi) is 3.68. The molecule has 0 radical (unpaired) electrons. The molecule has 4 nitrogen and oxygen atoms in total. The van der Waals surface area contributed by atoms with Crippen molar-refractivity contribution in [2.75, 3.05) is 19.7 Å². The Hall–Kier alpha value is -1.39. The van der Waals surface area contributed by atoms with Crippen molar-refractivity contribution in [2.45, 2.75) is 25.5 Å². The van der Waals surface area contributed by atoms with Gasteiger partial charge in [0.25, 0.3) is 0 Å². The molecule has 0 unspecified atom stereocenters. The van der Waals surface area contributed by atoms with Gasteiger partial charge in [-0.05, 0) is 19.4 Å². The lowest BCUT2D eigenvalue weighted by Gasteiger charge is -2.45. The molecule has 1 heterocycles. The number of hydrogen-bond donors (Lipinski definition) is 1. The van der Waals surface area contributed by atoms with Gasteiger partial charge in [0.2, 0.25) is 5.91 Å². The molecule has 18 heavy (non-hydrogen) atoms. The number of hydrogen-bond acceptors (Lipinski definition) is 3. The van der Waals surface area contributed by atoms with E-state index in [0.717, 1.165) is 5.56 Å². The lowest BCUT2D eigenvalue weighted by molar-refractivity contribution is -0.153. The molecule has 0 spiro atoms. The molecule has 1 amide bonds. The molecule has 1 aliphatic heterocycles. The van der Waals surface area contributed by atoms with Gasteiger partial charge in [0, 0.05) is 0 Å². The summed E-state index contributed by atoms with van der Waals surface area (Å²) in [5.41, 5.74) is 6.29. The van der Waals surface area contributed by atoms with Crippen molar-refractivity contribution in [3.63, 3.8) is 0 Å². The van der Waals surface area contributed by atoms with Crippen LogP contribution in [0, 0.1) is 0 Å². The number of amides is 1. The molecular formula is C14H20N2O2. The predicted octanol–water partition coefficient (Wildman–Crippen LogP) is 1.32. The molecule has 2 rings (SSSR count). The number of nitrogens with two attached hydrogens (primary N) is 1. The molecule has 2 N–H and O–H groups in total. The van der Waals surface area contributed by atoms with Crippen LogP contribution in [-0.4, -0.2) is 36.0 Å². The summed E-state index contributed by atoms with van der Waals surface area (Å²) in [6.07, 6.45) is -0.0604. The van der Waals surface area contributed by atoms with E-state index in [1.165, 1.54) is 0 Å². The van der Waals surface area contributed by atoms with Gasteiger partial charge in [-0.15, -0.1) is 0 Å². The third kappa shape index (κ3) is 2.54. The quantitative estimate of drug-likeness (QED) is 0.859. The zero-order valence-electron chi connectivity index (χ0n) is 10.9. The monoisotopic (exact) mass is 248 g/mol. The van der Waals surface area contributed by atoms with Gasteiger partial charge >= 0.3 is 0 Å². The van der Waals surface area contributed by atoms with Crippen molar-refractivity contribution in [2.24, 2.45) is 5.73 Å². The van der Waals surface area contributed by atoms with E-state index in [1.54, 1.807) is 0 Å². The number of benzene rings is 1. The third-order valence-electron chi connectivity index (χ3n) is 3.36. The first kappa shape index (κ1) is 13.1. The van der Waals surface area contributed by atoms with Crippen molar-refractivity contribution < 1.29 is 9.53 Å². The van der Waals surface area contributed by atoms with Crippen LogP contribution in [0.2, 0.25) is 0 Å². The lowest BCUT2D eigenvalue weighted by atomic mass is 9.98. The molecule has 1 fully saturated rings. The summed E-state index contributed by atoms with van der Waals surface area (Å²) in [5.74, 6) is -0.0239. The maximum Gasteiger partial charge on any atom is 0.236 e. The van der Waals surface area contributed by atoms with Crippen molar-refractivity contribution in [1.82, 2.24) is 4.90 Å². The Morgan fingerprint density at radius 3 is 2.72 bits per heavy atom.